The quantitative estimate of drug-likeness (QED) is 0.457. The molecule has 0 atom stereocenters. The molecule has 4 heteroatoms. The van der Waals surface area contributed by atoms with Crippen molar-refractivity contribution in [2.24, 2.45) is 0 Å². The number of aromatic nitrogens is 2. The van der Waals surface area contributed by atoms with Gasteiger partial charge in [-0.25, -0.2) is 4.98 Å². The van der Waals surface area contributed by atoms with Crippen LogP contribution in [0.4, 0.5) is 0 Å². The minimum absolute atomic E-state index is 0.634. The molecular weight excluding hydrogens is 348 g/mol. The number of carbonyl (C=O) groups is 2. The van der Waals surface area contributed by atoms with Crippen LogP contribution in [-0.2, 0) is 6.54 Å². The van der Waals surface area contributed by atoms with Crippen molar-refractivity contribution in [3.63, 3.8) is 0 Å². The number of benzene rings is 3. The second-order valence-electron chi connectivity index (χ2n) is 6.52. The molecule has 0 saturated heterocycles. The van der Waals surface area contributed by atoms with Crippen LogP contribution < -0.4 is 0 Å². The lowest BCUT2D eigenvalue weighted by Gasteiger charge is -2.13. The zero-order valence-corrected chi connectivity index (χ0v) is 15.2. The van der Waals surface area contributed by atoms with E-state index in [2.05, 4.69) is 21.7 Å². The molecule has 0 aliphatic carbocycles. The largest absolute Gasteiger partial charge is 0.320 e. The smallest absolute Gasteiger partial charge is 0.150 e. The predicted molar refractivity (Wildman–Crippen MR) is 109 cm³/mol. The maximum absolute atomic E-state index is 11.0. The second-order valence-corrected chi connectivity index (χ2v) is 6.52. The van der Waals surface area contributed by atoms with Crippen LogP contribution in [0.25, 0.3) is 22.6 Å². The van der Waals surface area contributed by atoms with E-state index in [-0.39, 0.29) is 0 Å². The van der Waals surface area contributed by atoms with Crippen molar-refractivity contribution in [1.29, 1.82) is 0 Å². The van der Waals surface area contributed by atoms with Crippen molar-refractivity contribution in [3.05, 3.63) is 102 Å². The molecule has 4 nitrogen and oxygen atoms in total. The van der Waals surface area contributed by atoms with Crippen LogP contribution in [0.3, 0.4) is 0 Å². The molecule has 136 valence electrons. The first-order valence-corrected chi connectivity index (χ1v) is 8.99. The lowest BCUT2D eigenvalue weighted by Crippen LogP contribution is -2.04. The highest BCUT2D eigenvalue weighted by Gasteiger charge is 2.14. The Balaban J connectivity index is 1.82. The van der Waals surface area contributed by atoms with E-state index in [1.54, 1.807) is 24.3 Å². The number of nitrogens with zero attached hydrogens (tertiary/aromatic N) is 2. The summed E-state index contributed by atoms with van der Waals surface area (Å²) < 4.78 is 2.15. The van der Waals surface area contributed by atoms with Gasteiger partial charge in [0.2, 0.25) is 0 Å². The normalized spacial score (nSPS) is 10.6. The molecule has 4 rings (SSSR count). The van der Waals surface area contributed by atoms with Gasteiger partial charge in [0.25, 0.3) is 0 Å². The van der Waals surface area contributed by atoms with Gasteiger partial charge in [0.05, 0.1) is 11.9 Å². The van der Waals surface area contributed by atoms with Gasteiger partial charge >= 0.3 is 0 Å². The van der Waals surface area contributed by atoms with Gasteiger partial charge in [-0.2, -0.15) is 0 Å². The minimum Gasteiger partial charge on any atom is -0.320 e. The molecule has 0 N–H and O–H groups in total. The fraction of sp³-hybridized carbons (Fsp3) is 0.0417. The van der Waals surface area contributed by atoms with Crippen LogP contribution in [-0.4, -0.2) is 22.1 Å². The van der Waals surface area contributed by atoms with Crippen LogP contribution in [0, 0.1) is 0 Å². The van der Waals surface area contributed by atoms with Crippen LogP contribution in [0.15, 0.2) is 85.1 Å². The van der Waals surface area contributed by atoms with Crippen molar-refractivity contribution in [2.75, 3.05) is 0 Å². The molecule has 28 heavy (non-hydrogen) atoms. The fourth-order valence-electron chi connectivity index (χ4n) is 3.21. The van der Waals surface area contributed by atoms with Crippen LogP contribution in [0.5, 0.6) is 0 Å². The van der Waals surface area contributed by atoms with E-state index in [1.165, 1.54) is 0 Å². The SMILES string of the molecule is O=Cc1ccc(-c2cnc(-c3ccc(C=O)cc3)n2Cc2ccccc2)cc1. The summed E-state index contributed by atoms with van der Waals surface area (Å²) in [6, 6.07) is 25.1. The highest BCUT2D eigenvalue weighted by atomic mass is 16.1. The number of aldehydes is 2. The molecule has 0 fully saturated rings. The Morgan fingerprint density at radius 1 is 0.714 bits per heavy atom. The van der Waals surface area contributed by atoms with Crippen molar-refractivity contribution >= 4 is 12.6 Å². The minimum atomic E-state index is 0.634. The summed E-state index contributed by atoms with van der Waals surface area (Å²) in [5.74, 6) is 0.829. The molecule has 3 aromatic carbocycles. The Morgan fingerprint density at radius 2 is 1.29 bits per heavy atom. The van der Waals surface area contributed by atoms with Crippen LogP contribution >= 0.6 is 0 Å². The first-order valence-electron chi connectivity index (χ1n) is 8.99. The first-order chi connectivity index (χ1) is 13.8. The lowest BCUT2D eigenvalue weighted by molar-refractivity contribution is 0.111. The maximum atomic E-state index is 11.0. The van der Waals surface area contributed by atoms with Crippen LogP contribution in [0.1, 0.15) is 26.3 Å². The predicted octanol–water partition coefficient (Wildman–Crippen LogP) is 4.89. The van der Waals surface area contributed by atoms with Gasteiger partial charge in [-0.1, -0.05) is 78.9 Å². The molecule has 0 radical (unpaired) electrons. The Morgan fingerprint density at radius 3 is 1.86 bits per heavy atom. The highest BCUT2D eigenvalue weighted by molar-refractivity contribution is 5.78. The Kier molecular flexibility index (Phi) is 4.93. The van der Waals surface area contributed by atoms with Crippen LogP contribution in [0.2, 0.25) is 0 Å². The van der Waals surface area contributed by atoms with Crippen molar-refractivity contribution < 1.29 is 9.59 Å². The van der Waals surface area contributed by atoms with E-state index < -0.39 is 0 Å². The zero-order chi connectivity index (χ0) is 19.3. The monoisotopic (exact) mass is 366 g/mol. The third-order valence-corrected chi connectivity index (χ3v) is 4.69. The van der Waals surface area contributed by atoms with Gasteiger partial charge in [-0.15, -0.1) is 0 Å². The molecular formula is C24H18N2O2. The van der Waals surface area contributed by atoms with E-state index >= 15 is 0 Å². The van der Waals surface area contributed by atoms with Gasteiger partial charge in [0.15, 0.2) is 0 Å². The third-order valence-electron chi connectivity index (χ3n) is 4.69. The maximum Gasteiger partial charge on any atom is 0.150 e. The van der Waals surface area contributed by atoms with E-state index in [0.717, 1.165) is 40.8 Å². The summed E-state index contributed by atoms with van der Waals surface area (Å²) in [4.78, 5) is 26.6. The molecule has 0 amide bonds. The standard InChI is InChI=1S/C24H18N2O2/c27-16-19-6-10-21(11-7-19)23-14-25-24(22-12-8-20(17-28)9-13-22)26(23)15-18-4-2-1-3-5-18/h1-14,16-17H,15H2. The molecule has 0 aliphatic rings. The lowest BCUT2D eigenvalue weighted by atomic mass is 10.1. The Hall–Kier alpha value is -3.79. The number of rotatable bonds is 6. The van der Waals surface area contributed by atoms with Gasteiger partial charge in [-0.05, 0) is 11.1 Å². The van der Waals surface area contributed by atoms with Gasteiger partial charge < -0.3 is 4.57 Å². The van der Waals surface area contributed by atoms with Gasteiger partial charge in [-0.3, -0.25) is 9.59 Å². The number of hydrogen-bond donors (Lipinski definition) is 0. The topological polar surface area (TPSA) is 52.0 Å². The first kappa shape index (κ1) is 17.6. The molecule has 1 heterocycles. The van der Waals surface area contributed by atoms with Crippen molar-refractivity contribution in [2.45, 2.75) is 6.54 Å². The van der Waals surface area contributed by atoms with Crippen molar-refractivity contribution in [1.82, 2.24) is 9.55 Å². The summed E-state index contributed by atoms with van der Waals surface area (Å²) in [5.41, 5.74) is 5.34. The summed E-state index contributed by atoms with van der Waals surface area (Å²) >= 11 is 0. The van der Waals surface area contributed by atoms with E-state index in [4.69, 9.17) is 0 Å². The molecule has 0 aliphatic heterocycles. The fourth-order valence-corrected chi connectivity index (χ4v) is 3.21. The summed E-state index contributed by atoms with van der Waals surface area (Å²) in [6.45, 7) is 0.663. The molecule has 4 aromatic rings. The average molecular weight is 366 g/mol. The van der Waals surface area contributed by atoms with Crippen molar-refractivity contribution in [3.8, 4) is 22.6 Å². The third kappa shape index (κ3) is 3.53. The molecule has 0 saturated carbocycles. The zero-order valence-electron chi connectivity index (χ0n) is 15.2. The summed E-state index contributed by atoms with van der Waals surface area (Å²) in [7, 11) is 0. The molecule has 0 bridgehead atoms. The van der Waals surface area contributed by atoms with E-state index in [1.807, 2.05) is 48.7 Å². The van der Waals surface area contributed by atoms with E-state index in [0.29, 0.717) is 17.7 Å². The molecule has 0 unspecified atom stereocenters. The Bertz CT molecular complexity index is 1030. The van der Waals surface area contributed by atoms with E-state index in [9.17, 15) is 9.59 Å². The average Bonchev–Trinajstić information content (AvgIpc) is 3.18. The highest BCUT2D eigenvalue weighted by Crippen LogP contribution is 2.28. The summed E-state index contributed by atoms with van der Waals surface area (Å²) in [5, 5.41) is 0. The molecule has 1 aromatic heterocycles. The number of hydrogen-bond acceptors (Lipinski definition) is 3. The molecule has 0 spiro atoms. The number of carbonyl (C=O) groups excluding carboxylic acids is 2. The Labute approximate surface area is 163 Å². The number of imidazole rings is 1. The second kappa shape index (κ2) is 7.84. The summed E-state index contributed by atoms with van der Waals surface area (Å²) in [6.07, 6.45) is 3.52. The van der Waals surface area contributed by atoms with Gasteiger partial charge in [0, 0.05) is 23.2 Å². The van der Waals surface area contributed by atoms with Gasteiger partial charge in [0.1, 0.15) is 18.4 Å².